The van der Waals surface area contributed by atoms with Crippen molar-refractivity contribution < 1.29 is 22.7 Å². The number of halogens is 1. The molecule has 0 bridgehead atoms. The largest absolute Gasteiger partial charge is 0.497 e. The van der Waals surface area contributed by atoms with Crippen molar-refractivity contribution in [2.75, 3.05) is 18.2 Å². The van der Waals surface area contributed by atoms with Gasteiger partial charge in [0.25, 0.3) is 0 Å². The molecule has 0 saturated carbocycles. The molecule has 0 aliphatic rings. The number of hydrogen-bond acceptors (Lipinski definition) is 5. The topological polar surface area (TPSA) is 89.5 Å². The maximum atomic E-state index is 12.8. The van der Waals surface area contributed by atoms with E-state index in [0.717, 1.165) is 0 Å². The highest BCUT2D eigenvalue weighted by atomic mass is 35.5. The van der Waals surface area contributed by atoms with Crippen molar-refractivity contribution in [3.63, 3.8) is 0 Å². The Morgan fingerprint density at radius 2 is 1.65 bits per heavy atom. The number of carbonyl (C=O) groups excluding carboxylic acids is 2. The first-order chi connectivity index (χ1) is 14.8. The summed E-state index contributed by atoms with van der Waals surface area (Å²) in [5, 5.41) is 2.97. The summed E-state index contributed by atoms with van der Waals surface area (Å²) in [6, 6.07) is 19.1. The van der Waals surface area contributed by atoms with Crippen LogP contribution in [0.1, 0.15) is 22.3 Å². The van der Waals surface area contributed by atoms with Gasteiger partial charge in [0.2, 0.25) is 5.91 Å². The number of ketones is 1. The van der Waals surface area contributed by atoms with E-state index in [1.165, 1.54) is 31.4 Å². The molecule has 0 fully saturated rings. The van der Waals surface area contributed by atoms with Crippen molar-refractivity contribution in [2.45, 2.75) is 11.3 Å². The molecule has 0 atom stereocenters. The molecule has 0 unspecified atom stereocenters. The summed E-state index contributed by atoms with van der Waals surface area (Å²) in [7, 11) is -2.17. The molecular formula is C23H20ClNO5S. The Hall–Kier alpha value is -3.16. The molecule has 0 saturated heterocycles. The Labute approximate surface area is 185 Å². The van der Waals surface area contributed by atoms with Gasteiger partial charge in [0.15, 0.2) is 15.6 Å². The summed E-state index contributed by atoms with van der Waals surface area (Å²) >= 11 is 6.04. The zero-order chi connectivity index (χ0) is 22.4. The standard InChI is InChI=1S/C23H20ClNO5S/c1-30-18-8-10-19(11-9-18)31(28,29)14-13-22(26)25-21-12-7-17(24)15-20(21)23(27)16-5-3-2-4-6-16/h2-12,15H,13-14H2,1H3,(H,25,26). The zero-order valence-corrected chi connectivity index (χ0v) is 18.2. The van der Waals surface area contributed by atoms with Crippen molar-refractivity contribution >= 4 is 38.8 Å². The van der Waals surface area contributed by atoms with E-state index in [1.54, 1.807) is 48.5 Å². The Kier molecular flexibility index (Phi) is 7.09. The van der Waals surface area contributed by atoms with Crippen LogP contribution in [0.15, 0.2) is 77.7 Å². The number of rotatable bonds is 8. The van der Waals surface area contributed by atoms with Crippen molar-refractivity contribution in [3.05, 3.63) is 88.9 Å². The monoisotopic (exact) mass is 457 g/mol. The maximum Gasteiger partial charge on any atom is 0.225 e. The van der Waals surface area contributed by atoms with Crippen LogP contribution < -0.4 is 10.1 Å². The molecule has 3 aromatic rings. The van der Waals surface area contributed by atoms with Gasteiger partial charge < -0.3 is 10.1 Å². The summed E-state index contributed by atoms with van der Waals surface area (Å²) < 4.78 is 30.0. The lowest BCUT2D eigenvalue weighted by Crippen LogP contribution is -2.19. The van der Waals surface area contributed by atoms with Crippen LogP contribution in [0.25, 0.3) is 0 Å². The van der Waals surface area contributed by atoms with Crippen LogP contribution in [-0.2, 0) is 14.6 Å². The SMILES string of the molecule is COc1ccc(S(=O)(=O)CCC(=O)Nc2ccc(Cl)cc2C(=O)c2ccccc2)cc1. The number of nitrogens with one attached hydrogen (secondary N) is 1. The Bertz CT molecular complexity index is 1190. The van der Waals surface area contributed by atoms with E-state index in [4.69, 9.17) is 16.3 Å². The van der Waals surface area contributed by atoms with E-state index >= 15 is 0 Å². The third-order valence-electron chi connectivity index (χ3n) is 4.55. The number of amides is 1. The van der Waals surface area contributed by atoms with Gasteiger partial charge >= 0.3 is 0 Å². The molecular weight excluding hydrogens is 438 g/mol. The molecule has 8 heteroatoms. The predicted molar refractivity (Wildman–Crippen MR) is 120 cm³/mol. The van der Waals surface area contributed by atoms with Crippen molar-refractivity contribution in [1.29, 1.82) is 0 Å². The first kappa shape index (κ1) is 22.5. The zero-order valence-electron chi connectivity index (χ0n) is 16.7. The molecule has 31 heavy (non-hydrogen) atoms. The lowest BCUT2D eigenvalue weighted by atomic mass is 10.0. The van der Waals surface area contributed by atoms with Crippen molar-refractivity contribution in [1.82, 2.24) is 0 Å². The summed E-state index contributed by atoms with van der Waals surface area (Å²) in [6.07, 6.45) is -0.268. The molecule has 0 heterocycles. The Morgan fingerprint density at radius 3 is 2.29 bits per heavy atom. The van der Waals surface area contributed by atoms with Gasteiger partial charge in [-0.3, -0.25) is 9.59 Å². The first-order valence-electron chi connectivity index (χ1n) is 9.36. The number of anilines is 1. The van der Waals surface area contributed by atoms with Crippen LogP contribution in [0.4, 0.5) is 5.69 Å². The Morgan fingerprint density at radius 1 is 0.968 bits per heavy atom. The second kappa shape index (κ2) is 9.76. The number of hydrogen-bond donors (Lipinski definition) is 1. The highest BCUT2D eigenvalue weighted by Gasteiger charge is 2.19. The van der Waals surface area contributed by atoms with Gasteiger partial charge in [-0.2, -0.15) is 0 Å². The van der Waals surface area contributed by atoms with Gasteiger partial charge in [0, 0.05) is 22.6 Å². The molecule has 0 aliphatic carbocycles. The number of sulfone groups is 1. The minimum atomic E-state index is -3.65. The minimum Gasteiger partial charge on any atom is -0.497 e. The van der Waals surface area contributed by atoms with Gasteiger partial charge in [-0.1, -0.05) is 41.9 Å². The third kappa shape index (κ3) is 5.71. The fraction of sp³-hybridized carbons (Fsp3) is 0.130. The average Bonchev–Trinajstić information content (AvgIpc) is 2.79. The highest BCUT2D eigenvalue weighted by Crippen LogP contribution is 2.24. The van der Waals surface area contributed by atoms with Crippen LogP contribution in [0.2, 0.25) is 5.02 Å². The van der Waals surface area contributed by atoms with Crippen LogP contribution in [-0.4, -0.2) is 33.0 Å². The van der Waals surface area contributed by atoms with E-state index in [1.807, 2.05) is 0 Å². The lowest BCUT2D eigenvalue weighted by Gasteiger charge is -2.12. The maximum absolute atomic E-state index is 12.8. The van der Waals surface area contributed by atoms with E-state index in [9.17, 15) is 18.0 Å². The van der Waals surface area contributed by atoms with Crippen molar-refractivity contribution in [2.24, 2.45) is 0 Å². The minimum absolute atomic E-state index is 0.104. The fourth-order valence-electron chi connectivity index (χ4n) is 2.90. The van der Waals surface area contributed by atoms with Gasteiger partial charge in [0.05, 0.1) is 23.4 Å². The molecule has 0 spiro atoms. The number of carbonyl (C=O) groups is 2. The highest BCUT2D eigenvalue weighted by molar-refractivity contribution is 7.91. The molecule has 0 aliphatic heterocycles. The third-order valence-corrected chi connectivity index (χ3v) is 6.52. The lowest BCUT2D eigenvalue weighted by molar-refractivity contribution is -0.115. The number of methoxy groups -OCH3 is 1. The smallest absolute Gasteiger partial charge is 0.225 e. The average molecular weight is 458 g/mol. The van der Waals surface area contributed by atoms with Crippen LogP contribution in [0, 0.1) is 0 Å². The summed E-state index contributed by atoms with van der Waals surface area (Å²) in [4.78, 5) is 25.4. The van der Waals surface area contributed by atoms with E-state index in [-0.39, 0.29) is 34.1 Å². The summed E-state index contributed by atoms with van der Waals surface area (Å²) in [6.45, 7) is 0. The molecule has 0 aromatic heterocycles. The van der Waals surface area contributed by atoms with E-state index in [0.29, 0.717) is 16.3 Å². The van der Waals surface area contributed by atoms with Gasteiger partial charge in [0.1, 0.15) is 5.75 Å². The van der Waals surface area contributed by atoms with Crippen LogP contribution in [0.3, 0.4) is 0 Å². The van der Waals surface area contributed by atoms with Gasteiger partial charge in [-0.05, 0) is 42.5 Å². The molecule has 1 N–H and O–H groups in total. The Balaban J connectivity index is 1.72. The fourth-order valence-corrected chi connectivity index (χ4v) is 4.31. The molecule has 6 nitrogen and oxygen atoms in total. The summed E-state index contributed by atoms with van der Waals surface area (Å²) in [5.74, 6) is -0.665. The first-order valence-corrected chi connectivity index (χ1v) is 11.4. The van der Waals surface area contributed by atoms with Gasteiger partial charge in [-0.15, -0.1) is 0 Å². The van der Waals surface area contributed by atoms with Crippen LogP contribution >= 0.6 is 11.6 Å². The molecule has 160 valence electrons. The molecule has 0 radical (unpaired) electrons. The van der Waals surface area contributed by atoms with E-state index < -0.39 is 15.7 Å². The van der Waals surface area contributed by atoms with Crippen LogP contribution in [0.5, 0.6) is 5.75 Å². The predicted octanol–water partition coefficient (Wildman–Crippen LogP) is 4.38. The molecule has 3 aromatic carbocycles. The normalized spacial score (nSPS) is 11.0. The molecule has 3 rings (SSSR count). The molecule has 1 amide bonds. The summed E-state index contributed by atoms with van der Waals surface area (Å²) in [5.41, 5.74) is 0.942. The second-order valence-corrected chi connectivity index (χ2v) is 9.22. The quantitative estimate of drug-likeness (QED) is 0.507. The number of ether oxygens (including phenoxy) is 1. The van der Waals surface area contributed by atoms with Gasteiger partial charge in [-0.25, -0.2) is 8.42 Å². The van der Waals surface area contributed by atoms with Crippen molar-refractivity contribution in [3.8, 4) is 5.75 Å². The second-order valence-electron chi connectivity index (χ2n) is 6.68. The number of benzene rings is 3. The van der Waals surface area contributed by atoms with E-state index in [2.05, 4.69) is 5.32 Å².